The van der Waals surface area contributed by atoms with Gasteiger partial charge in [0.05, 0.1) is 30.6 Å². The number of pyridine rings is 1. The largest absolute Gasteiger partial charge is 0.384 e. The van der Waals surface area contributed by atoms with Gasteiger partial charge in [-0.3, -0.25) is 23.5 Å². The molecule has 250 valence electrons. The van der Waals surface area contributed by atoms with Gasteiger partial charge in [-0.25, -0.2) is 23.4 Å². The Hall–Kier alpha value is -3.22. The summed E-state index contributed by atoms with van der Waals surface area (Å²) in [6.45, 7) is -0.768. The Kier molecular flexibility index (Phi) is 7.80. The molecule has 18 nitrogen and oxygen atoms in total. The average molecular weight is 705 g/mol. The summed E-state index contributed by atoms with van der Waals surface area (Å²) >= 11 is 0. The molecular weight excluding hydrogens is 680 g/mol. The summed E-state index contributed by atoms with van der Waals surface area (Å²) in [6, 6.07) is 1.78. The summed E-state index contributed by atoms with van der Waals surface area (Å²) in [5.74, 6) is -0.274. The molecule has 8 heterocycles. The van der Waals surface area contributed by atoms with E-state index in [9.17, 15) is 13.9 Å². The molecule has 4 aromatic rings. The van der Waals surface area contributed by atoms with Crippen LogP contribution in [0.25, 0.3) is 22.2 Å². The van der Waals surface area contributed by atoms with Gasteiger partial charge in [-0.15, -0.1) is 0 Å². The van der Waals surface area contributed by atoms with Crippen LogP contribution in [0.3, 0.4) is 0 Å². The predicted molar refractivity (Wildman–Crippen MR) is 163 cm³/mol. The van der Waals surface area contributed by atoms with Crippen LogP contribution in [-0.2, 0) is 43.1 Å². The molecule has 4 N–H and O–H groups in total. The van der Waals surface area contributed by atoms with Crippen molar-refractivity contribution < 1.29 is 45.5 Å². The van der Waals surface area contributed by atoms with Gasteiger partial charge in [0.2, 0.25) is 21.1 Å². The quantitative estimate of drug-likeness (QED) is 0.198. The fourth-order valence-corrected chi connectivity index (χ4v) is 8.34. The Balaban J connectivity index is 1.08. The molecule has 0 aliphatic carbocycles. The first kappa shape index (κ1) is 32.0. The van der Waals surface area contributed by atoms with Crippen LogP contribution in [0.5, 0.6) is 0 Å². The third kappa shape index (κ3) is 5.48. The number of nitrogens with zero attached hydrogens (tertiary/aromatic N) is 6. The molecule has 0 spiro atoms. The van der Waals surface area contributed by atoms with Gasteiger partial charge in [0.25, 0.3) is 20.5 Å². The second-order valence-corrected chi connectivity index (χ2v) is 14.7. The number of nitrogen functional groups attached to an aromatic ring is 1. The van der Waals surface area contributed by atoms with Gasteiger partial charge in [-0.05, 0) is 18.9 Å². The molecule has 4 aliphatic rings. The summed E-state index contributed by atoms with van der Waals surface area (Å²) in [5.41, 5.74) is 6.43. The number of hydrogen-bond acceptors (Lipinski definition) is 15. The smallest absolute Gasteiger partial charge is 0.280 e. The van der Waals surface area contributed by atoms with Crippen molar-refractivity contribution in [1.82, 2.24) is 34.3 Å². The van der Waals surface area contributed by atoms with E-state index in [1.807, 2.05) is 0 Å². The molecule has 0 bridgehead atoms. The van der Waals surface area contributed by atoms with Gasteiger partial charge in [0.15, 0.2) is 41.6 Å². The third-order valence-corrected chi connectivity index (χ3v) is 10.5. The Bertz CT molecular complexity index is 2070. The first-order chi connectivity index (χ1) is 22.9. The molecule has 0 saturated carbocycles. The molecule has 10 atom stereocenters. The fraction of sp³-hybridized carbons (Fsp3) is 0.542. The van der Waals surface area contributed by atoms with Crippen molar-refractivity contribution in [3.63, 3.8) is 0 Å². The number of alkyl halides is 2. The van der Waals surface area contributed by atoms with Crippen LogP contribution in [0.2, 0.25) is 0 Å². The second-order valence-electron chi connectivity index (χ2n) is 11.6. The molecule has 4 aliphatic heterocycles. The van der Waals surface area contributed by atoms with Crippen molar-refractivity contribution in [2.75, 3.05) is 30.8 Å². The zero-order valence-corrected chi connectivity index (χ0v) is 26.4. The van der Waals surface area contributed by atoms with E-state index >= 15 is 8.78 Å². The van der Waals surface area contributed by atoms with Gasteiger partial charge in [0.1, 0.15) is 24.4 Å². The van der Waals surface area contributed by atoms with Crippen LogP contribution < -0.4 is 16.6 Å². The van der Waals surface area contributed by atoms with Crippen LogP contribution >= 0.6 is 14.9 Å². The minimum absolute atomic E-state index is 0.132. The lowest BCUT2D eigenvalue weighted by Gasteiger charge is -2.29. The number of aromatic amines is 1. The molecule has 0 aromatic carbocycles. The lowest BCUT2D eigenvalue weighted by molar-refractivity contribution is -0.0569. The zero-order chi connectivity index (χ0) is 33.5. The lowest BCUT2D eigenvalue weighted by Crippen LogP contribution is -2.37. The van der Waals surface area contributed by atoms with Crippen LogP contribution in [0.4, 0.5) is 20.4 Å². The number of nitrogens with one attached hydrogen (secondary N) is 2. The van der Waals surface area contributed by atoms with Gasteiger partial charge >= 0.3 is 0 Å². The maximum atomic E-state index is 16.3. The number of ether oxygens (including phenoxy) is 2. The highest BCUT2D eigenvalue weighted by Crippen LogP contribution is 2.54. The van der Waals surface area contributed by atoms with E-state index < -0.39 is 82.9 Å². The Morgan fingerprint density at radius 2 is 1.65 bits per heavy atom. The molecule has 4 radical (unpaired) electrons. The minimum Gasteiger partial charge on any atom is -0.384 e. The van der Waals surface area contributed by atoms with E-state index in [-0.39, 0.29) is 17.1 Å². The Labute approximate surface area is 271 Å². The monoisotopic (exact) mass is 705 g/mol. The number of aryl methyl sites for hydroxylation is 1. The first-order valence-electron chi connectivity index (χ1n) is 14.7. The van der Waals surface area contributed by atoms with E-state index in [0.717, 1.165) is 23.0 Å². The van der Waals surface area contributed by atoms with E-state index in [1.165, 1.54) is 10.9 Å². The van der Waals surface area contributed by atoms with E-state index in [2.05, 4.69) is 30.4 Å². The molecule has 4 unspecified atom stereocenters. The topological polar surface area (TPSA) is 222 Å². The van der Waals surface area contributed by atoms with Gasteiger partial charge in [-0.1, -0.05) is 0 Å². The van der Waals surface area contributed by atoms with Crippen LogP contribution in [0.15, 0.2) is 23.4 Å². The molecule has 3 fully saturated rings. The average Bonchev–Trinajstić information content (AvgIpc) is 3.73. The minimum atomic E-state index is -4.64. The van der Waals surface area contributed by atoms with Gasteiger partial charge in [0, 0.05) is 18.4 Å². The van der Waals surface area contributed by atoms with Crippen molar-refractivity contribution >= 4 is 63.9 Å². The third-order valence-electron chi connectivity index (χ3n) is 8.45. The molecule has 4 aromatic heterocycles. The van der Waals surface area contributed by atoms with Crippen LogP contribution in [0.1, 0.15) is 24.6 Å². The number of halogens is 2. The molecule has 0 amide bonds. The first-order valence-corrected chi connectivity index (χ1v) is 18.0. The second kappa shape index (κ2) is 11.7. The lowest BCUT2D eigenvalue weighted by atomic mass is 10.1. The van der Waals surface area contributed by atoms with Crippen LogP contribution in [-0.4, -0.2) is 106 Å². The highest BCUT2D eigenvalue weighted by molar-refractivity contribution is 7.79. The maximum absolute atomic E-state index is 16.3. The normalized spacial score (nSPS) is 37.3. The highest BCUT2D eigenvalue weighted by atomic mass is 31.2. The standard InChI is InChI=1S/C24H25B2F2N9O9P2/c25-47(39)42-7-12-18(15(28)23(44-12)37-19-13-9(3-5-31-19)30-4-1-2-10(13)35-37)46-48(26,40)41-6-11-17(45-47)14(27)22(43-11)36-8-32-16-20(36)33-24(29)34-21(16)38/h3,5,8,11-12,14-15,17-18,22-23,30H,1-2,4,6-7H2,(H3,29,33,34,38)/t11-,12-,14?,15+,17+,18?,22-,23-,47?,48?/m1/s1. The molecule has 48 heavy (non-hydrogen) atoms. The summed E-state index contributed by atoms with van der Waals surface area (Å²) in [6.07, 6.45) is -9.67. The summed E-state index contributed by atoms with van der Waals surface area (Å²) in [4.78, 5) is 26.8. The highest BCUT2D eigenvalue weighted by Gasteiger charge is 2.54. The number of rotatable bonds is 2. The predicted octanol–water partition coefficient (Wildman–Crippen LogP) is 1.35. The molecular formula is C24H25B2F2N9O9P2. The van der Waals surface area contributed by atoms with Gasteiger partial charge in [-0.2, -0.15) is 10.1 Å². The van der Waals surface area contributed by atoms with Crippen molar-refractivity contribution in [1.29, 1.82) is 0 Å². The Morgan fingerprint density at radius 3 is 2.35 bits per heavy atom. The van der Waals surface area contributed by atoms with Crippen molar-refractivity contribution in [3.8, 4) is 0 Å². The van der Waals surface area contributed by atoms with Gasteiger partial charge < -0.3 is 38.6 Å². The Morgan fingerprint density at radius 1 is 0.979 bits per heavy atom. The fourth-order valence-electron chi connectivity index (χ4n) is 6.33. The van der Waals surface area contributed by atoms with Crippen molar-refractivity contribution in [3.05, 3.63) is 34.6 Å². The number of anilines is 2. The number of hydrogen-bond donors (Lipinski definition) is 3. The number of aromatic nitrogens is 7. The van der Waals surface area contributed by atoms with Crippen LogP contribution in [0, 0.1) is 0 Å². The molecule has 3 saturated heterocycles. The number of fused-ring (bicyclic) bond motifs is 3. The van der Waals surface area contributed by atoms with Crippen molar-refractivity contribution in [2.24, 2.45) is 0 Å². The van der Waals surface area contributed by atoms with Crippen molar-refractivity contribution in [2.45, 2.75) is 62.1 Å². The molecule has 8 rings (SSSR count). The maximum Gasteiger partial charge on any atom is 0.280 e. The number of imidazole rings is 1. The number of H-pyrrole nitrogens is 1. The SMILES string of the molecule is [B]P1(=O)OC[C@H]2O[C@@H](n3cnc4c(=O)[nH]c(N)nc43)C(F)[C@H]2OP([B])(=O)OC[C@H]2O[C@@H](n3nc4c5c(ccnc53)NCCC4)[C@@H](F)C2O1. The number of nitrogens with two attached hydrogens (primary N) is 1. The zero-order valence-electron chi connectivity index (χ0n) is 24.6. The summed E-state index contributed by atoms with van der Waals surface area (Å²) in [7, 11) is 2.49. The van der Waals surface area contributed by atoms with E-state index in [0.29, 0.717) is 29.7 Å². The van der Waals surface area contributed by atoms with E-state index in [1.54, 1.807) is 6.07 Å². The summed E-state index contributed by atoms with van der Waals surface area (Å²) in [5, 5.41) is 8.57. The molecule has 24 heteroatoms. The van der Waals surface area contributed by atoms with E-state index in [4.69, 9.17) is 48.4 Å². The summed E-state index contributed by atoms with van der Waals surface area (Å²) < 4.78 is 94.7.